The molecule has 0 spiro atoms. The summed E-state index contributed by atoms with van der Waals surface area (Å²) in [5.74, 6) is 1.22. The molecule has 0 aromatic heterocycles. The Balaban J connectivity index is 3.69. The van der Waals surface area contributed by atoms with Crippen molar-refractivity contribution in [1.29, 1.82) is 0 Å². The molecule has 0 heterocycles. The summed E-state index contributed by atoms with van der Waals surface area (Å²) in [6.45, 7) is 8.65. The number of carbonyl (C=O) groups is 2. The van der Waals surface area contributed by atoms with E-state index in [1.165, 1.54) is 57.8 Å². The number of unbranched alkanes of at least 4 members (excludes halogenated alkanes) is 10. The third-order valence-electron chi connectivity index (χ3n) is 5.71. The highest BCUT2D eigenvalue weighted by atomic mass is 35.5. The van der Waals surface area contributed by atoms with Crippen LogP contribution in [-0.4, -0.2) is 10.5 Å². The minimum atomic E-state index is -0.205. The van der Waals surface area contributed by atoms with Gasteiger partial charge in [-0.15, -0.1) is 0 Å². The summed E-state index contributed by atoms with van der Waals surface area (Å²) in [4.78, 5) is 22.5. The molecule has 0 amide bonds. The average molecular weight is 421 g/mol. The molecule has 0 aliphatic heterocycles. The monoisotopic (exact) mass is 420 g/mol. The molecule has 0 N–H and O–H groups in total. The SMILES string of the molecule is CC(C)C(CCCCCCCCCCCCCC(=O)Cl)C(C(=O)Cl)C(C)C. The van der Waals surface area contributed by atoms with Crippen LogP contribution in [0.5, 0.6) is 0 Å². The topological polar surface area (TPSA) is 34.1 Å². The van der Waals surface area contributed by atoms with Crippen molar-refractivity contribution in [3.05, 3.63) is 0 Å². The van der Waals surface area contributed by atoms with Crippen LogP contribution in [0.2, 0.25) is 0 Å². The van der Waals surface area contributed by atoms with E-state index in [-0.39, 0.29) is 16.4 Å². The second-order valence-electron chi connectivity index (χ2n) is 8.76. The fourth-order valence-electron chi connectivity index (χ4n) is 4.09. The van der Waals surface area contributed by atoms with Crippen LogP contribution >= 0.6 is 23.2 Å². The molecule has 160 valence electrons. The Kier molecular flexibility index (Phi) is 16.8. The molecule has 0 fully saturated rings. The van der Waals surface area contributed by atoms with Crippen LogP contribution in [0.3, 0.4) is 0 Å². The van der Waals surface area contributed by atoms with Gasteiger partial charge in [0, 0.05) is 12.3 Å². The minimum Gasteiger partial charge on any atom is -0.281 e. The van der Waals surface area contributed by atoms with E-state index < -0.39 is 0 Å². The quantitative estimate of drug-likeness (QED) is 0.165. The van der Waals surface area contributed by atoms with Crippen molar-refractivity contribution in [3.63, 3.8) is 0 Å². The molecule has 4 heteroatoms. The van der Waals surface area contributed by atoms with Crippen LogP contribution in [-0.2, 0) is 9.59 Å². The van der Waals surface area contributed by atoms with Gasteiger partial charge in [-0.3, -0.25) is 9.59 Å². The number of hydrogen-bond donors (Lipinski definition) is 0. The van der Waals surface area contributed by atoms with Crippen molar-refractivity contribution in [1.82, 2.24) is 0 Å². The summed E-state index contributed by atoms with van der Waals surface area (Å²) in [7, 11) is 0. The van der Waals surface area contributed by atoms with Crippen molar-refractivity contribution in [2.24, 2.45) is 23.7 Å². The Morgan fingerprint density at radius 2 is 1.04 bits per heavy atom. The molecule has 0 aromatic rings. The van der Waals surface area contributed by atoms with Crippen LogP contribution in [0.25, 0.3) is 0 Å². The van der Waals surface area contributed by atoms with Gasteiger partial charge >= 0.3 is 0 Å². The van der Waals surface area contributed by atoms with E-state index in [0.29, 0.717) is 24.2 Å². The van der Waals surface area contributed by atoms with Gasteiger partial charge in [0.05, 0.1) is 0 Å². The maximum Gasteiger partial charge on any atom is 0.225 e. The lowest BCUT2D eigenvalue weighted by molar-refractivity contribution is -0.119. The van der Waals surface area contributed by atoms with Crippen molar-refractivity contribution in [2.75, 3.05) is 0 Å². The first-order chi connectivity index (χ1) is 12.8. The van der Waals surface area contributed by atoms with Gasteiger partial charge in [-0.1, -0.05) is 91.9 Å². The average Bonchev–Trinajstić information content (AvgIpc) is 2.56. The fourth-order valence-corrected chi connectivity index (χ4v) is 4.63. The Morgan fingerprint density at radius 1 is 0.630 bits per heavy atom. The Labute approximate surface area is 178 Å². The highest BCUT2D eigenvalue weighted by Gasteiger charge is 2.31. The van der Waals surface area contributed by atoms with Gasteiger partial charge in [-0.2, -0.15) is 0 Å². The standard InChI is InChI=1S/C23H42Cl2O2/c1-18(2)20(22(19(3)4)23(25)27)16-14-12-10-8-6-5-7-9-11-13-15-17-21(24)26/h18-20,22H,5-17H2,1-4H3. The molecule has 2 unspecified atom stereocenters. The van der Waals surface area contributed by atoms with Crippen LogP contribution in [0.15, 0.2) is 0 Å². The third-order valence-corrected chi connectivity index (χ3v) is 6.15. The van der Waals surface area contributed by atoms with Crippen LogP contribution in [0.4, 0.5) is 0 Å². The Hall–Kier alpha value is -0.0800. The molecule has 0 aliphatic carbocycles. The van der Waals surface area contributed by atoms with E-state index >= 15 is 0 Å². The van der Waals surface area contributed by atoms with Gasteiger partial charge in [0.1, 0.15) is 0 Å². The summed E-state index contributed by atoms with van der Waals surface area (Å²) >= 11 is 11.2. The molecule has 0 saturated carbocycles. The van der Waals surface area contributed by atoms with Gasteiger partial charge < -0.3 is 0 Å². The van der Waals surface area contributed by atoms with Gasteiger partial charge in [0.2, 0.25) is 10.5 Å². The Bertz CT molecular complexity index is 394. The normalized spacial score (nSPS) is 13.9. The van der Waals surface area contributed by atoms with Gasteiger partial charge in [0.25, 0.3) is 0 Å². The van der Waals surface area contributed by atoms with Crippen LogP contribution in [0.1, 0.15) is 111 Å². The van der Waals surface area contributed by atoms with Gasteiger partial charge in [0.15, 0.2) is 0 Å². The maximum atomic E-state index is 11.8. The van der Waals surface area contributed by atoms with E-state index in [1.54, 1.807) is 0 Å². The third kappa shape index (κ3) is 14.6. The van der Waals surface area contributed by atoms with E-state index in [1.807, 2.05) is 0 Å². The van der Waals surface area contributed by atoms with Crippen LogP contribution in [0, 0.1) is 23.7 Å². The highest BCUT2D eigenvalue weighted by Crippen LogP contribution is 2.33. The van der Waals surface area contributed by atoms with Crippen LogP contribution < -0.4 is 0 Å². The number of carbonyl (C=O) groups excluding carboxylic acids is 2. The summed E-state index contributed by atoms with van der Waals surface area (Å²) in [5.41, 5.74) is 0. The maximum absolute atomic E-state index is 11.8. The predicted octanol–water partition coefficient (Wildman–Crippen LogP) is 8.13. The first-order valence-electron chi connectivity index (χ1n) is 11.1. The van der Waals surface area contributed by atoms with Crippen molar-refractivity contribution in [3.8, 4) is 0 Å². The lowest BCUT2D eigenvalue weighted by Crippen LogP contribution is -2.29. The second-order valence-corrected chi connectivity index (χ2v) is 9.56. The van der Waals surface area contributed by atoms with E-state index in [9.17, 15) is 9.59 Å². The molecular weight excluding hydrogens is 379 g/mol. The van der Waals surface area contributed by atoms with Crippen molar-refractivity contribution < 1.29 is 9.59 Å². The highest BCUT2D eigenvalue weighted by molar-refractivity contribution is 6.64. The minimum absolute atomic E-state index is 0.00535. The summed E-state index contributed by atoms with van der Waals surface area (Å²) in [6.07, 6.45) is 15.2. The molecule has 0 aliphatic rings. The smallest absolute Gasteiger partial charge is 0.225 e. The number of halogens is 2. The molecule has 0 rings (SSSR count). The molecule has 2 nitrogen and oxygen atoms in total. The fraction of sp³-hybridized carbons (Fsp3) is 0.913. The number of hydrogen-bond acceptors (Lipinski definition) is 2. The summed E-state index contributed by atoms with van der Waals surface area (Å²) in [6, 6.07) is 0. The molecule has 2 atom stereocenters. The molecule has 0 bridgehead atoms. The molecule has 0 radical (unpaired) electrons. The zero-order valence-corrected chi connectivity index (χ0v) is 19.6. The first-order valence-corrected chi connectivity index (χ1v) is 11.9. The van der Waals surface area contributed by atoms with E-state index in [2.05, 4.69) is 27.7 Å². The predicted molar refractivity (Wildman–Crippen MR) is 118 cm³/mol. The molecule has 0 aromatic carbocycles. The van der Waals surface area contributed by atoms with Gasteiger partial charge in [-0.25, -0.2) is 0 Å². The summed E-state index contributed by atoms with van der Waals surface area (Å²) < 4.78 is 0. The van der Waals surface area contributed by atoms with E-state index in [4.69, 9.17) is 23.2 Å². The molecular formula is C23H42Cl2O2. The Morgan fingerprint density at radius 3 is 1.37 bits per heavy atom. The second kappa shape index (κ2) is 16.8. The van der Waals surface area contributed by atoms with Crippen molar-refractivity contribution in [2.45, 2.75) is 111 Å². The zero-order chi connectivity index (χ0) is 20.7. The van der Waals surface area contributed by atoms with E-state index in [0.717, 1.165) is 19.3 Å². The largest absolute Gasteiger partial charge is 0.281 e. The lowest BCUT2D eigenvalue weighted by atomic mass is 9.75. The van der Waals surface area contributed by atoms with Gasteiger partial charge in [-0.05, 0) is 53.8 Å². The molecule has 27 heavy (non-hydrogen) atoms. The molecule has 0 saturated heterocycles. The first kappa shape index (κ1) is 26.9. The lowest BCUT2D eigenvalue weighted by Gasteiger charge is -2.30. The van der Waals surface area contributed by atoms with Crippen molar-refractivity contribution >= 4 is 33.7 Å². The summed E-state index contributed by atoms with van der Waals surface area (Å²) in [5, 5.41) is -0.360. The zero-order valence-electron chi connectivity index (χ0n) is 18.1. The number of rotatable bonds is 18.